The number of nitrogens with one attached hydrogen (secondary N) is 1. The second-order valence-electron chi connectivity index (χ2n) is 5.00. The van der Waals surface area contributed by atoms with Crippen molar-refractivity contribution in [2.45, 2.75) is 5.75 Å². The molecule has 6 nitrogen and oxygen atoms in total. The molecule has 3 N–H and O–H groups in total. The third-order valence-corrected chi connectivity index (χ3v) is 4.57. The SMILES string of the molecule is O=C(CSCc1ccccc1Cl)Nc1ccc(C(=O)O)cc1C(=O)O. The van der Waals surface area contributed by atoms with Gasteiger partial charge in [-0.1, -0.05) is 29.8 Å². The predicted octanol–water partition coefficient (Wildman–Crippen LogP) is 3.61. The van der Waals surface area contributed by atoms with E-state index in [1.54, 1.807) is 6.07 Å². The van der Waals surface area contributed by atoms with Crippen molar-refractivity contribution in [1.29, 1.82) is 0 Å². The number of carboxylic acid groups (broad SMARTS) is 2. The molecule has 0 aliphatic rings. The van der Waals surface area contributed by atoms with Crippen LogP contribution in [0.3, 0.4) is 0 Å². The topological polar surface area (TPSA) is 104 Å². The van der Waals surface area contributed by atoms with Crippen LogP contribution in [-0.4, -0.2) is 33.8 Å². The number of carbonyl (C=O) groups is 3. The molecule has 0 aliphatic heterocycles. The summed E-state index contributed by atoms with van der Waals surface area (Å²) < 4.78 is 0. The Morgan fingerprint density at radius 2 is 1.76 bits per heavy atom. The van der Waals surface area contributed by atoms with Gasteiger partial charge in [0, 0.05) is 10.8 Å². The molecule has 2 aromatic rings. The largest absolute Gasteiger partial charge is 0.478 e. The van der Waals surface area contributed by atoms with Crippen LogP contribution in [0.1, 0.15) is 26.3 Å². The monoisotopic (exact) mass is 379 g/mol. The highest BCUT2D eigenvalue weighted by molar-refractivity contribution is 7.99. The molecule has 0 heterocycles. The number of benzene rings is 2. The third kappa shape index (κ3) is 5.23. The number of amides is 1. The van der Waals surface area contributed by atoms with Gasteiger partial charge >= 0.3 is 11.9 Å². The summed E-state index contributed by atoms with van der Waals surface area (Å²) in [5, 5.41) is 21.2. The fourth-order valence-electron chi connectivity index (χ4n) is 2.02. The van der Waals surface area contributed by atoms with Crippen LogP contribution in [0.5, 0.6) is 0 Å². The quantitative estimate of drug-likeness (QED) is 0.679. The predicted molar refractivity (Wildman–Crippen MR) is 96.6 cm³/mol. The summed E-state index contributed by atoms with van der Waals surface area (Å²) in [5.41, 5.74) is 0.521. The van der Waals surface area contributed by atoms with E-state index in [0.717, 1.165) is 11.6 Å². The van der Waals surface area contributed by atoms with Gasteiger partial charge in [0.1, 0.15) is 0 Å². The maximum atomic E-state index is 12.0. The fraction of sp³-hybridized carbons (Fsp3) is 0.118. The lowest BCUT2D eigenvalue weighted by molar-refractivity contribution is -0.113. The third-order valence-electron chi connectivity index (χ3n) is 3.22. The summed E-state index contributed by atoms with van der Waals surface area (Å²) >= 11 is 7.37. The molecule has 0 unspecified atom stereocenters. The number of carboxylic acids is 2. The van der Waals surface area contributed by atoms with E-state index in [0.29, 0.717) is 10.8 Å². The molecule has 1 amide bonds. The zero-order valence-corrected chi connectivity index (χ0v) is 14.4. The van der Waals surface area contributed by atoms with E-state index in [-0.39, 0.29) is 28.5 Å². The number of carbonyl (C=O) groups excluding carboxylic acids is 1. The molecular weight excluding hydrogens is 366 g/mol. The highest BCUT2D eigenvalue weighted by Crippen LogP contribution is 2.22. The summed E-state index contributed by atoms with van der Waals surface area (Å²) in [7, 11) is 0. The van der Waals surface area contributed by atoms with Gasteiger partial charge in [0.2, 0.25) is 5.91 Å². The first-order valence-corrected chi connectivity index (χ1v) is 8.63. The van der Waals surface area contributed by atoms with Crippen LogP contribution in [0.4, 0.5) is 5.69 Å². The van der Waals surface area contributed by atoms with Gasteiger partial charge < -0.3 is 15.5 Å². The van der Waals surface area contributed by atoms with Crippen LogP contribution >= 0.6 is 23.4 Å². The van der Waals surface area contributed by atoms with Gasteiger partial charge in [-0.05, 0) is 29.8 Å². The minimum absolute atomic E-state index is 0.0563. The summed E-state index contributed by atoms with van der Waals surface area (Å²) in [6.07, 6.45) is 0. The van der Waals surface area contributed by atoms with E-state index in [1.165, 1.54) is 23.9 Å². The molecule has 8 heteroatoms. The van der Waals surface area contributed by atoms with Crippen LogP contribution in [0, 0.1) is 0 Å². The zero-order valence-electron chi connectivity index (χ0n) is 12.9. The fourth-order valence-corrected chi connectivity index (χ4v) is 3.13. The lowest BCUT2D eigenvalue weighted by Gasteiger charge is -2.09. The van der Waals surface area contributed by atoms with Gasteiger partial charge in [0.15, 0.2) is 0 Å². The van der Waals surface area contributed by atoms with Crippen LogP contribution in [-0.2, 0) is 10.5 Å². The Morgan fingerprint density at radius 3 is 2.40 bits per heavy atom. The van der Waals surface area contributed by atoms with Gasteiger partial charge in [-0.15, -0.1) is 11.8 Å². The Hall–Kier alpha value is -2.51. The number of anilines is 1. The van der Waals surface area contributed by atoms with E-state index < -0.39 is 11.9 Å². The lowest BCUT2D eigenvalue weighted by Crippen LogP contribution is -2.17. The molecule has 130 valence electrons. The first kappa shape index (κ1) is 18.8. The second-order valence-corrected chi connectivity index (χ2v) is 6.40. The summed E-state index contributed by atoms with van der Waals surface area (Å²) in [4.78, 5) is 34.2. The minimum Gasteiger partial charge on any atom is -0.478 e. The van der Waals surface area contributed by atoms with Gasteiger partial charge in [0.25, 0.3) is 0 Å². The number of hydrogen-bond donors (Lipinski definition) is 3. The van der Waals surface area contributed by atoms with E-state index in [2.05, 4.69) is 5.32 Å². The van der Waals surface area contributed by atoms with Crippen LogP contribution in [0.2, 0.25) is 5.02 Å². The number of rotatable bonds is 7. The standard InChI is InChI=1S/C17H14ClNO5S/c18-13-4-2-1-3-11(13)8-25-9-15(20)19-14-6-5-10(16(21)22)7-12(14)17(23)24/h1-7H,8-9H2,(H,19,20)(H,21,22)(H,23,24). The van der Waals surface area contributed by atoms with Crippen molar-refractivity contribution in [3.8, 4) is 0 Å². The average Bonchev–Trinajstić information content (AvgIpc) is 2.56. The maximum Gasteiger partial charge on any atom is 0.337 e. The number of halogens is 1. The summed E-state index contributed by atoms with van der Waals surface area (Å²) in [6.45, 7) is 0. The Morgan fingerprint density at radius 1 is 1.04 bits per heavy atom. The van der Waals surface area contributed by atoms with E-state index in [1.807, 2.05) is 18.2 Å². The molecule has 25 heavy (non-hydrogen) atoms. The average molecular weight is 380 g/mol. The van der Waals surface area contributed by atoms with Gasteiger partial charge in [-0.3, -0.25) is 4.79 Å². The molecule has 2 rings (SSSR count). The first-order chi connectivity index (χ1) is 11.9. The first-order valence-electron chi connectivity index (χ1n) is 7.10. The van der Waals surface area contributed by atoms with E-state index in [9.17, 15) is 19.5 Å². The minimum atomic E-state index is -1.32. The van der Waals surface area contributed by atoms with Crippen molar-refractivity contribution in [3.63, 3.8) is 0 Å². The van der Waals surface area contributed by atoms with Gasteiger partial charge in [0.05, 0.1) is 22.6 Å². The molecule has 0 spiro atoms. The molecular formula is C17H14ClNO5S. The molecule has 0 saturated heterocycles. The van der Waals surface area contributed by atoms with Gasteiger partial charge in [-0.2, -0.15) is 0 Å². The molecule has 0 radical (unpaired) electrons. The van der Waals surface area contributed by atoms with Gasteiger partial charge in [-0.25, -0.2) is 9.59 Å². The Labute approximate surface area is 152 Å². The Kier molecular flexibility index (Phi) is 6.44. The zero-order chi connectivity index (χ0) is 18.4. The summed E-state index contributed by atoms with van der Waals surface area (Å²) in [6, 6.07) is 10.8. The summed E-state index contributed by atoms with van der Waals surface area (Å²) in [5.74, 6) is -2.30. The van der Waals surface area contributed by atoms with Crippen molar-refractivity contribution in [3.05, 3.63) is 64.2 Å². The maximum absolute atomic E-state index is 12.0. The van der Waals surface area contributed by atoms with Crippen molar-refractivity contribution in [2.75, 3.05) is 11.1 Å². The molecule has 2 aromatic carbocycles. The lowest BCUT2D eigenvalue weighted by atomic mass is 10.1. The Bertz CT molecular complexity index is 824. The highest BCUT2D eigenvalue weighted by Gasteiger charge is 2.16. The van der Waals surface area contributed by atoms with Crippen molar-refractivity contribution in [2.24, 2.45) is 0 Å². The Balaban J connectivity index is 1.99. The van der Waals surface area contributed by atoms with E-state index >= 15 is 0 Å². The number of hydrogen-bond acceptors (Lipinski definition) is 4. The van der Waals surface area contributed by atoms with Crippen LogP contribution < -0.4 is 5.32 Å². The van der Waals surface area contributed by atoms with E-state index in [4.69, 9.17) is 16.7 Å². The highest BCUT2D eigenvalue weighted by atomic mass is 35.5. The molecule has 0 atom stereocenters. The molecule has 0 fully saturated rings. The number of thioether (sulfide) groups is 1. The number of aromatic carboxylic acids is 2. The second kappa shape index (κ2) is 8.55. The van der Waals surface area contributed by atoms with Crippen molar-refractivity contribution in [1.82, 2.24) is 0 Å². The molecule has 0 saturated carbocycles. The normalized spacial score (nSPS) is 10.3. The van der Waals surface area contributed by atoms with Crippen molar-refractivity contribution >= 4 is 46.9 Å². The molecule has 0 aliphatic carbocycles. The molecule has 0 bridgehead atoms. The van der Waals surface area contributed by atoms with Crippen LogP contribution in [0.25, 0.3) is 0 Å². The molecule has 0 aromatic heterocycles. The van der Waals surface area contributed by atoms with Crippen molar-refractivity contribution < 1.29 is 24.6 Å². The van der Waals surface area contributed by atoms with Crippen LogP contribution in [0.15, 0.2) is 42.5 Å². The smallest absolute Gasteiger partial charge is 0.337 e.